The maximum atomic E-state index is 13.2. The van der Waals surface area contributed by atoms with Crippen LogP contribution >= 0.6 is 0 Å². The largest absolute Gasteiger partial charge is 0.416 e. The third kappa shape index (κ3) is 4.20. The minimum absolute atomic E-state index is 0.109. The third-order valence-electron chi connectivity index (χ3n) is 2.49. The molecule has 0 heterocycles. The van der Waals surface area contributed by atoms with Crippen LogP contribution in [0.2, 0.25) is 0 Å². The number of halogens is 4. The Kier molecular flexibility index (Phi) is 4.88. The summed E-state index contributed by atoms with van der Waals surface area (Å²) in [5.74, 6) is -1.52. The second-order valence-corrected chi connectivity index (χ2v) is 3.93. The van der Waals surface area contributed by atoms with Gasteiger partial charge in [0.15, 0.2) is 0 Å². The second kappa shape index (κ2) is 6.01. The van der Waals surface area contributed by atoms with Crippen LogP contribution in [0.3, 0.4) is 0 Å². The number of aliphatic hydroxyl groups excluding tert-OH is 1. The molecule has 0 aliphatic carbocycles. The summed E-state index contributed by atoms with van der Waals surface area (Å²) in [5.41, 5.74) is -1.29. The number of benzene rings is 1. The van der Waals surface area contributed by atoms with Crippen LogP contribution in [0.1, 0.15) is 30.5 Å². The quantitative estimate of drug-likeness (QED) is 0.831. The van der Waals surface area contributed by atoms with E-state index in [9.17, 15) is 22.4 Å². The van der Waals surface area contributed by atoms with E-state index >= 15 is 0 Å². The topological polar surface area (TPSA) is 49.3 Å². The van der Waals surface area contributed by atoms with E-state index in [0.717, 1.165) is 6.07 Å². The lowest BCUT2D eigenvalue weighted by atomic mass is 10.0. The highest BCUT2D eigenvalue weighted by molar-refractivity contribution is 5.76. The standard InChI is InChI=1S/C12H13F4NO2/c1-2-11(19)17-10(6-18)7-3-8(12(14,15)16)5-9(13)4-7/h3-5,10,18H,2,6H2,1H3,(H,17,19). The van der Waals surface area contributed by atoms with E-state index in [0.29, 0.717) is 12.1 Å². The fourth-order valence-electron chi connectivity index (χ4n) is 1.51. The summed E-state index contributed by atoms with van der Waals surface area (Å²) in [4.78, 5) is 11.2. The van der Waals surface area contributed by atoms with Gasteiger partial charge in [-0.15, -0.1) is 0 Å². The molecule has 1 aromatic rings. The van der Waals surface area contributed by atoms with Crippen LogP contribution in [0.15, 0.2) is 18.2 Å². The molecule has 1 aromatic carbocycles. The van der Waals surface area contributed by atoms with E-state index in [2.05, 4.69) is 5.32 Å². The van der Waals surface area contributed by atoms with E-state index in [4.69, 9.17) is 5.11 Å². The van der Waals surface area contributed by atoms with Crippen molar-refractivity contribution in [2.24, 2.45) is 0 Å². The lowest BCUT2D eigenvalue weighted by molar-refractivity contribution is -0.137. The lowest BCUT2D eigenvalue weighted by Crippen LogP contribution is -2.30. The molecule has 2 N–H and O–H groups in total. The summed E-state index contributed by atoms with van der Waals surface area (Å²) in [6, 6.07) is 0.857. The molecule has 0 bridgehead atoms. The number of hydrogen-bond acceptors (Lipinski definition) is 2. The molecule has 1 rings (SSSR count). The van der Waals surface area contributed by atoms with E-state index in [1.807, 2.05) is 0 Å². The van der Waals surface area contributed by atoms with E-state index < -0.39 is 36.1 Å². The smallest absolute Gasteiger partial charge is 0.394 e. The minimum atomic E-state index is -4.69. The van der Waals surface area contributed by atoms with E-state index in [-0.39, 0.29) is 12.0 Å². The summed E-state index contributed by atoms with van der Waals surface area (Å²) in [6.07, 6.45) is -4.58. The molecule has 0 saturated carbocycles. The van der Waals surface area contributed by atoms with Gasteiger partial charge in [-0.05, 0) is 23.8 Å². The summed E-state index contributed by atoms with van der Waals surface area (Å²) >= 11 is 0. The van der Waals surface area contributed by atoms with Crippen LogP contribution in [0, 0.1) is 5.82 Å². The molecular weight excluding hydrogens is 266 g/mol. The van der Waals surface area contributed by atoms with Crippen molar-refractivity contribution in [3.8, 4) is 0 Å². The number of aliphatic hydroxyl groups is 1. The molecule has 0 aliphatic heterocycles. The Morgan fingerprint density at radius 2 is 2.00 bits per heavy atom. The predicted octanol–water partition coefficient (Wildman–Crippen LogP) is 2.40. The minimum Gasteiger partial charge on any atom is -0.394 e. The van der Waals surface area contributed by atoms with Gasteiger partial charge in [0.2, 0.25) is 5.91 Å². The van der Waals surface area contributed by atoms with Gasteiger partial charge in [0.1, 0.15) is 5.82 Å². The van der Waals surface area contributed by atoms with Gasteiger partial charge in [-0.2, -0.15) is 13.2 Å². The van der Waals surface area contributed by atoms with Crippen LogP contribution in [0.5, 0.6) is 0 Å². The monoisotopic (exact) mass is 279 g/mol. The van der Waals surface area contributed by atoms with Gasteiger partial charge in [-0.3, -0.25) is 4.79 Å². The number of nitrogens with one attached hydrogen (secondary N) is 1. The van der Waals surface area contributed by atoms with Crippen molar-refractivity contribution in [1.29, 1.82) is 0 Å². The zero-order valence-corrected chi connectivity index (χ0v) is 10.1. The van der Waals surface area contributed by atoms with Crippen LogP contribution in [0.4, 0.5) is 17.6 Å². The molecule has 0 saturated heterocycles. The molecule has 19 heavy (non-hydrogen) atoms. The Hall–Kier alpha value is -1.63. The normalized spacial score (nSPS) is 13.2. The van der Waals surface area contributed by atoms with Gasteiger partial charge in [-0.1, -0.05) is 6.92 Å². The van der Waals surface area contributed by atoms with Gasteiger partial charge < -0.3 is 10.4 Å². The van der Waals surface area contributed by atoms with Gasteiger partial charge in [0, 0.05) is 6.42 Å². The number of carbonyl (C=O) groups excluding carboxylic acids is 1. The van der Waals surface area contributed by atoms with Crippen LogP contribution in [-0.2, 0) is 11.0 Å². The molecule has 1 unspecified atom stereocenters. The zero-order valence-electron chi connectivity index (χ0n) is 10.1. The van der Waals surface area contributed by atoms with Crippen molar-refractivity contribution in [2.45, 2.75) is 25.6 Å². The van der Waals surface area contributed by atoms with Crippen molar-refractivity contribution in [3.05, 3.63) is 35.1 Å². The van der Waals surface area contributed by atoms with Gasteiger partial charge in [0.05, 0.1) is 18.2 Å². The van der Waals surface area contributed by atoms with Gasteiger partial charge in [0.25, 0.3) is 0 Å². The van der Waals surface area contributed by atoms with Gasteiger partial charge >= 0.3 is 6.18 Å². The molecule has 3 nitrogen and oxygen atoms in total. The molecule has 0 fully saturated rings. The Morgan fingerprint density at radius 1 is 1.37 bits per heavy atom. The van der Waals surface area contributed by atoms with Crippen molar-refractivity contribution in [3.63, 3.8) is 0 Å². The fourth-order valence-corrected chi connectivity index (χ4v) is 1.51. The van der Waals surface area contributed by atoms with Crippen molar-refractivity contribution >= 4 is 5.91 Å². The Balaban J connectivity index is 3.10. The van der Waals surface area contributed by atoms with E-state index in [1.54, 1.807) is 6.92 Å². The average Bonchev–Trinajstić information content (AvgIpc) is 2.33. The van der Waals surface area contributed by atoms with Crippen LogP contribution in [-0.4, -0.2) is 17.6 Å². The maximum Gasteiger partial charge on any atom is 0.416 e. The Bertz CT molecular complexity index is 460. The molecule has 7 heteroatoms. The zero-order chi connectivity index (χ0) is 14.6. The molecule has 106 valence electrons. The third-order valence-corrected chi connectivity index (χ3v) is 2.49. The Morgan fingerprint density at radius 3 is 2.47 bits per heavy atom. The van der Waals surface area contributed by atoms with Crippen LogP contribution in [0.25, 0.3) is 0 Å². The van der Waals surface area contributed by atoms with Gasteiger partial charge in [-0.25, -0.2) is 4.39 Å². The summed E-state index contributed by atoms with van der Waals surface area (Å²) in [5, 5.41) is 11.4. The summed E-state index contributed by atoms with van der Waals surface area (Å²) < 4.78 is 50.8. The first-order chi connectivity index (χ1) is 8.77. The Labute approximate surface area is 107 Å². The average molecular weight is 279 g/mol. The number of carbonyl (C=O) groups is 1. The molecule has 1 amide bonds. The maximum absolute atomic E-state index is 13.2. The summed E-state index contributed by atoms with van der Waals surface area (Å²) in [6.45, 7) is 0.934. The lowest BCUT2D eigenvalue weighted by Gasteiger charge is -2.18. The van der Waals surface area contributed by atoms with Crippen molar-refractivity contribution in [1.82, 2.24) is 5.32 Å². The first-order valence-corrected chi connectivity index (χ1v) is 5.55. The fraction of sp³-hybridized carbons (Fsp3) is 0.417. The molecule has 0 aliphatic rings. The van der Waals surface area contributed by atoms with E-state index in [1.165, 1.54) is 0 Å². The second-order valence-electron chi connectivity index (χ2n) is 3.93. The molecule has 1 atom stereocenters. The molecule has 0 aromatic heterocycles. The highest BCUT2D eigenvalue weighted by atomic mass is 19.4. The number of rotatable bonds is 4. The van der Waals surface area contributed by atoms with Crippen molar-refractivity contribution in [2.75, 3.05) is 6.61 Å². The number of amides is 1. The van der Waals surface area contributed by atoms with Crippen molar-refractivity contribution < 1.29 is 27.5 Å². The SMILES string of the molecule is CCC(=O)NC(CO)c1cc(F)cc(C(F)(F)F)c1. The molecular formula is C12H13F4NO2. The molecule has 0 spiro atoms. The predicted molar refractivity (Wildman–Crippen MR) is 59.7 cm³/mol. The first-order valence-electron chi connectivity index (χ1n) is 5.55. The number of alkyl halides is 3. The first kappa shape index (κ1) is 15.4. The molecule has 0 radical (unpaired) electrons. The van der Waals surface area contributed by atoms with Crippen LogP contribution < -0.4 is 5.32 Å². The highest BCUT2D eigenvalue weighted by Crippen LogP contribution is 2.31. The highest BCUT2D eigenvalue weighted by Gasteiger charge is 2.32. The number of hydrogen-bond donors (Lipinski definition) is 2. The summed E-state index contributed by atoms with van der Waals surface area (Å²) in [7, 11) is 0.